The maximum Gasteiger partial charge on any atom is 0.292 e. The van der Waals surface area contributed by atoms with E-state index in [1.165, 1.54) is 0 Å². The van der Waals surface area contributed by atoms with Crippen molar-refractivity contribution in [3.05, 3.63) is 28.3 Å². The van der Waals surface area contributed by atoms with Crippen LogP contribution in [0.3, 0.4) is 0 Å². The normalized spacial score (nSPS) is 11.1. The Bertz CT molecular complexity index is 517. The predicted octanol–water partition coefficient (Wildman–Crippen LogP) is 0.836. The average molecular weight is 190 g/mol. The molecule has 2 aromatic rings. The van der Waals surface area contributed by atoms with Crippen molar-refractivity contribution in [1.29, 1.82) is 0 Å². The van der Waals surface area contributed by atoms with Crippen molar-refractivity contribution in [2.45, 2.75) is 19.8 Å². The first-order valence-electron chi connectivity index (χ1n) is 4.39. The lowest BCUT2D eigenvalue weighted by Crippen LogP contribution is -2.10. The standard InChI is InChI=1S/C9H10N4O/c1-5(2)7-3-6-4-10-13-9(14)8(6)12-11-7/h3-5H,1-2H3,(H,13,14). The van der Waals surface area contributed by atoms with E-state index >= 15 is 0 Å². The molecule has 0 aliphatic carbocycles. The van der Waals surface area contributed by atoms with E-state index in [0.29, 0.717) is 11.4 Å². The van der Waals surface area contributed by atoms with Gasteiger partial charge in [-0.2, -0.15) is 10.2 Å². The number of hydrogen-bond donors (Lipinski definition) is 1. The summed E-state index contributed by atoms with van der Waals surface area (Å²) in [6, 6.07) is 1.84. The van der Waals surface area contributed by atoms with Crippen molar-refractivity contribution in [3.63, 3.8) is 0 Å². The topological polar surface area (TPSA) is 71.5 Å². The number of H-pyrrole nitrogens is 1. The van der Waals surface area contributed by atoms with Crippen LogP contribution in [0.15, 0.2) is 17.1 Å². The van der Waals surface area contributed by atoms with Gasteiger partial charge in [0.15, 0.2) is 5.52 Å². The molecule has 0 aromatic carbocycles. The molecule has 0 radical (unpaired) electrons. The molecular formula is C9H10N4O. The van der Waals surface area contributed by atoms with Gasteiger partial charge >= 0.3 is 0 Å². The van der Waals surface area contributed by atoms with Crippen LogP contribution in [0, 0.1) is 0 Å². The number of aromatic amines is 1. The van der Waals surface area contributed by atoms with Crippen LogP contribution in [-0.2, 0) is 0 Å². The Morgan fingerprint density at radius 3 is 2.86 bits per heavy atom. The SMILES string of the molecule is CC(C)c1cc2cn[nH]c(=O)c2nn1. The first-order chi connectivity index (χ1) is 6.68. The van der Waals surface area contributed by atoms with Crippen molar-refractivity contribution in [2.24, 2.45) is 0 Å². The van der Waals surface area contributed by atoms with Crippen LogP contribution < -0.4 is 5.56 Å². The van der Waals surface area contributed by atoms with E-state index in [4.69, 9.17) is 0 Å². The highest BCUT2D eigenvalue weighted by Gasteiger charge is 2.05. The minimum Gasteiger partial charge on any atom is -0.265 e. The smallest absolute Gasteiger partial charge is 0.265 e. The van der Waals surface area contributed by atoms with Crippen LogP contribution in [0.1, 0.15) is 25.5 Å². The molecule has 2 rings (SSSR count). The van der Waals surface area contributed by atoms with Gasteiger partial charge in [0.05, 0.1) is 11.9 Å². The van der Waals surface area contributed by atoms with Crippen molar-refractivity contribution in [1.82, 2.24) is 20.4 Å². The van der Waals surface area contributed by atoms with Crippen molar-refractivity contribution in [3.8, 4) is 0 Å². The molecule has 2 aromatic heterocycles. The van der Waals surface area contributed by atoms with Gasteiger partial charge in [-0.25, -0.2) is 5.10 Å². The summed E-state index contributed by atoms with van der Waals surface area (Å²) < 4.78 is 0. The van der Waals surface area contributed by atoms with Gasteiger partial charge in [-0.15, -0.1) is 5.10 Å². The minimum absolute atomic E-state index is 0.297. The fraction of sp³-hybridized carbons (Fsp3) is 0.333. The lowest BCUT2D eigenvalue weighted by atomic mass is 10.1. The van der Waals surface area contributed by atoms with E-state index in [1.54, 1.807) is 6.20 Å². The number of nitrogens with one attached hydrogen (secondary N) is 1. The minimum atomic E-state index is -0.301. The average Bonchev–Trinajstić information content (AvgIpc) is 2.17. The third-order valence-corrected chi connectivity index (χ3v) is 2.02. The third-order valence-electron chi connectivity index (χ3n) is 2.02. The summed E-state index contributed by atoms with van der Waals surface area (Å²) in [6.07, 6.45) is 1.58. The van der Waals surface area contributed by atoms with Crippen LogP contribution in [0.5, 0.6) is 0 Å². The molecule has 14 heavy (non-hydrogen) atoms. The highest BCUT2D eigenvalue weighted by molar-refractivity contribution is 5.75. The van der Waals surface area contributed by atoms with Gasteiger partial charge in [-0.1, -0.05) is 13.8 Å². The molecule has 0 aliphatic heterocycles. The monoisotopic (exact) mass is 190 g/mol. The van der Waals surface area contributed by atoms with Crippen molar-refractivity contribution >= 4 is 10.9 Å². The van der Waals surface area contributed by atoms with Gasteiger partial charge in [0.1, 0.15) is 0 Å². The van der Waals surface area contributed by atoms with Crippen LogP contribution in [0.4, 0.5) is 0 Å². The summed E-state index contributed by atoms with van der Waals surface area (Å²) >= 11 is 0. The van der Waals surface area contributed by atoms with E-state index < -0.39 is 0 Å². The summed E-state index contributed by atoms with van der Waals surface area (Å²) in [5, 5.41) is 14.6. The zero-order valence-electron chi connectivity index (χ0n) is 7.98. The van der Waals surface area contributed by atoms with Crippen LogP contribution in [0.2, 0.25) is 0 Å². The molecular weight excluding hydrogens is 180 g/mol. The Morgan fingerprint density at radius 2 is 2.14 bits per heavy atom. The van der Waals surface area contributed by atoms with Gasteiger partial charge < -0.3 is 0 Å². The van der Waals surface area contributed by atoms with Crippen molar-refractivity contribution < 1.29 is 0 Å². The lowest BCUT2D eigenvalue weighted by molar-refractivity contribution is 0.792. The highest BCUT2D eigenvalue weighted by atomic mass is 16.1. The summed E-state index contributed by atoms with van der Waals surface area (Å²) in [5.41, 5.74) is 0.902. The van der Waals surface area contributed by atoms with E-state index in [-0.39, 0.29) is 5.56 Å². The lowest BCUT2D eigenvalue weighted by Gasteiger charge is -2.02. The van der Waals surface area contributed by atoms with E-state index in [1.807, 2.05) is 19.9 Å². The molecule has 5 heteroatoms. The quantitative estimate of drug-likeness (QED) is 0.723. The van der Waals surface area contributed by atoms with Gasteiger partial charge in [-0.3, -0.25) is 4.79 Å². The predicted molar refractivity (Wildman–Crippen MR) is 52.0 cm³/mol. The maximum atomic E-state index is 11.2. The molecule has 0 bridgehead atoms. The van der Waals surface area contributed by atoms with E-state index in [9.17, 15) is 4.79 Å². The Labute approximate surface area is 80.2 Å². The summed E-state index contributed by atoms with van der Waals surface area (Å²) in [6.45, 7) is 4.05. The zero-order chi connectivity index (χ0) is 10.1. The van der Waals surface area contributed by atoms with Gasteiger partial charge in [0.25, 0.3) is 5.56 Å². The van der Waals surface area contributed by atoms with Gasteiger partial charge in [0, 0.05) is 5.39 Å². The van der Waals surface area contributed by atoms with Crippen LogP contribution >= 0.6 is 0 Å². The number of rotatable bonds is 1. The van der Waals surface area contributed by atoms with Gasteiger partial charge in [0.2, 0.25) is 0 Å². The Balaban J connectivity index is 2.74. The number of hydrogen-bond acceptors (Lipinski definition) is 4. The number of nitrogens with zero attached hydrogens (tertiary/aromatic N) is 3. The molecule has 0 saturated heterocycles. The second kappa shape index (κ2) is 3.17. The maximum absolute atomic E-state index is 11.2. The molecule has 0 spiro atoms. The van der Waals surface area contributed by atoms with Crippen molar-refractivity contribution in [2.75, 3.05) is 0 Å². The first-order valence-corrected chi connectivity index (χ1v) is 4.39. The molecule has 0 saturated carbocycles. The molecule has 0 atom stereocenters. The summed E-state index contributed by atoms with van der Waals surface area (Å²) in [7, 11) is 0. The zero-order valence-corrected chi connectivity index (χ0v) is 7.98. The highest BCUT2D eigenvalue weighted by Crippen LogP contribution is 2.13. The van der Waals surface area contributed by atoms with E-state index in [2.05, 4.69) is 20.4 Å². The number of aromatic nitrogens is 4. The van der Waals surface area contributed by atoms with E-state index in [0.717, 1.165) is 11.1 Å². The number of fused-ring (bicyclic) bond motifs is 1. The molecule has 0 fully saturated rings. The molecule has 5 nitrogen and oxygen atoms in total. The fourth-order valence-electron chi connectivity index (χ4n) is 1.19. The molecule has 0 aliphatic rings. The Morgan fingerprint density at radius 1 is 1.36 bits per heavy atom. The van der Waals surface area contributed by atoms with Gasteiger partial charge in [-0.05, 0) is 12.0 Å². The Hall–Kier alpha value is -1.78. The largest absolute Gasteiger partial charge is 0.292 e. The Kier molecular flexibility index (Phi) is 1.99. The molecule has 0 amide bonds. The van der Waals surface area contributed by atoms with Crippen LogP contribution in [0.25, 0.3) is 10.9 Å². The first kappa shape index (κ1) is 8.80. The van der Waals surface area contributed by atoms with Crippen LogP contribution in [-0.4, -0.2) is 20.4 Å². The molecule has 1 N–H and O–H groups in total. The molecule has 2 heterocycles. The second-order valence-electron chi connectivity index (χ2n) is 3.43. The summed E-state index contributed by atoms with van der Waals surface area (Å²) in [5.74, 6) is 0.297. The molecule has 0 unspecified atom stereocenters. The fourth-order valence-corrected chi connectivity index (χ4v) is 1.19. The molecule has 72 valence electrons. The summed E-state index contributed by atoms with van der Waals surface area (Å²) in [4.78, 5) is 11.2. The second-order valence-corrected chi connectivity index (χ2v) is 3.43. The third kappa shape index (κ3) is 1.37.